The third kappa shape index (κ3) is 1.78. The van der Waals surface area contributed by atoms with E-state index in [4.69, 9.17) is 10.2 Å². The van der Waals surface area contributed by atoms with Crippen molar-refractivity contribution >= 4 is 11.9 Å². The van der Waals surface area contributed by atoms with Gasteiger partial charge in [0, 0.05) is 6.42 Å². The summed E-state index contributed by atoms with van der Waals surface area (Å²) in [5.41, 5.74) is 1.72. The average molecular weight is 220 g/mol. The number of aliphatic carboxylic acids is 2. The number of rotatable bonds is 3. The lowest BCUT2D eigenvalue weighted by atomic mass is 9.90. The van der Waals surface area contributed by atoms with Crippen LogP contribution in [-0.4, -0.2) is 22.2 Å². The maximum absolute atomic E-state index is 11.2. The number of hydrogen-bond acceptors (Lipinski definition) is 2. The maximum atomic E-state index is 11.2. The van der Waals surface area contributed by atoms with Crippen LogP contribution in [0.1, 0.15) is 23.5 Å². The Morgan fingerprint density at radius 1 is 1.25 bits per heavy atom. The van der Waals surface area contributed by atoms with Crippen LogP contribution in [0.5, 0.6) is 0 Å². The smallest absolute Gasteiger partial charge is 0.311 e. The van der Waals surface area contributed by atoms with Crippen molar-refractivity contribution in [2.45, 2.75) is 18.8 Å². The summed E-state index contributed by atoms with van der Waals surface area (Å²) in [6, 6.07) is 7.28. The van der Waals surface area contributed by atoms with E-state index in [0.717, 1.165) is 11.1 Å². The predicted molar refractivity (Wildman–Crippen MR) is 56.3 cm³/mol. The third-order valence-electron chi connectivity index (χ3n) is 3.05. The zero-order valence-corrected chi connectivity index (χ0v) is 8.59. The molecule has 1 aliphatic rings. The molecule has 0 spiro atoms. The van der Waals surface area contributed by atoms with E-state index in [9.17, 15) is 9.59 Å². The molecule has 0 unspecified atom stereocenters. The molecule has 1 aromatic carbocycles. The number of carboxylic acid groups (broad SMARTS) is 2. The first kappa shape index (κ1) is 10.7. The van der Waals surface area contributed by atoms with Gasteiger partial charge in [0.15, 0.2) is 0 Å². The zero-order chi connectivity index (χ0) is 11.7. The van der Waals surface area contributed by atoms with Gasteiger partial charge in [0.05, 0.1) is 5.92 Å². The zero-order valence-electron chi connectivity index (χ0n) is 8.59. The highest BCUT2D eigenvalue weighted by molar-refractivity contribution is 5.80. The quantitative estimate of drug-likeness (QED) is 0.809. The number of carboxylic acids is 2. The third-order valence-corrected chi connectivity index (χ3v) is 3.05. The summed E-state index contributed by atoms with van der Waals surface area (Å²) in [6.07, 6.45) is 0.449. The number of fused-ring (bicyclic) bond motifs is 1. The van der Waals surface area contributed by atoms with Crippen molar-refractivity contribution in [1.29, 1.82) is 0 Å². The molecule has 0 aliphatic heterocycles. The summed E-state index contributed by atoms with van der Waals surface area (Å²) in [4.78, 5) is 21.8. The van der Waals surface area contributed by atoms with Gasteiger partial charge in [-0.1, -0.05) is 24.3 Å². The van der Waals surface area contributed by atoms with E-state index in [2.05, 4.69) is 0 Å². The molecular weight excluding hydrogens is 208 g/mol. The maximum Gasteiger partial charge on any atom is 0.311 e. The van der Waals surface area contributed by atoms with E-state index in [1.54, 1.807) is 12.1 Å². The highest BCUT2D eigenvalue weighted by atomic mass is 16.4. The molecule has 4 nitrogen and oxygen atoms in total. The van der Waals surface area contributed by atoms with Crippen LogP contribution in [0.2, 0.25) is 0 Å². The molecule has 0 amide bonds. The van der Waals surface area contributed by atoms with Gasteiger partial charge in [-0.3, -0.25) is 9.59 Å². The van der Waals surface area contributed by atoms with E-state index in [1.807, 2.05) is 12.1 Å². The highest BCUT2D eigenvalue weighted by Gasteiger charge is 2.38. The van der Waals surface area contributed by atoms with E-state index in [1.165, 1.54) is 0 Å². The molecule has 0 fully saturated rings. The van der Waals surface area contributed by atoms with Crippen LogP contribution >= 0.6 is 0 Å². The SMILES string of the molecule is O=C(O)C[C@@H]1Cc2ccccc2[C@@H]1C(=O)O. The molecule has 84 valence electrons. The Hall–Kier alpha value is -1.84. The van der Waals surface area contributed by atoms with Gasteiger partial charge in [0.2, 0.25) is 0 Å². The lowest BCUT2D eigenvalue weighted by molar-refractivity contribution is -0.141. The molecule has 0 aromatic heterocycles. The molecule has 2 atom stereocenters. The first-order chi connectivity index (χ1) is 7.59. The second kappa shape index (κ2) is 3.96. The van der Waals surface area contributed by atoms with Crippen molar-refractivity contribution in [2.75, 3.05) is 0 Å². The fraction of sp³-hybridized carbons (Fsp3) is 0.333. The van der Waals surface area contributed by atoms with Crippen molar-refractivity contribution in [3.63, 3.8) is 0 Å². The lowest BCUT2D eigenvalue weighted by Gasteiger charge is -2.13. The number of hydrogen-bond donors (Lipinski definition) is 2. The average Bonchev–Trinajstić information content (AvgIpc) is 2.53. The van der Waals surface area contributed by atoms with Crippen LogP contribution in [0.3, 0.4) is 0 Å². The molecule has 0 heterocycles. The molecule has 0 saturated heterocycles. The van der Waals surface area contributed by atoms with Crippen molar-refractivity contribution in [3.05, 3.63) is 35.4 Å². The van der Waals surface area contributed by atoms with E-state index >= 15 is 0 Å². The van der Waals surface area contributed by atoms with Gasteiger partial charge in [-0.2, -0.15) is 0 Å². The standard InChI is InChI=1S/C12H12O4/c13-10(14)6-8-5-7-3-1-2-4-9(7)11(8)12(15)16/h1-4,8,11H,5-6H2,(H,13,14)(H,15,16)/t8-,11+/m0/s1. The second-order valence-electron chi connectivity index (χ2n) is 4.08. The molecule has 1 aliphatic carbocycles. The molecule has 0 bridgehead atoms. The van der Waals surface area contributed by atoms with Crippen LogP contribution in [0.4, 0.5) is 0 Å². The van der Waals surface area contributed by atoms with Crippen molar-refractivity contribution < 1.29 is 19.8 Å². The Bertz CT molecular complexity index is 438. The Labute approximate surface area is 92.5 Å². The van der Waals surface area contributed by atoms with E-state index in [0.29, 0.717) is 6.42 Å². The monoisotopic (exact) mass is 220 g/mol. The van der Waals surface area contributed by atoms with Gasteiger partial charge in [-0.05, 0) is 23.5 Å². The fourth-order valence-corrected chi connectivity index (χ4v) is 2.43. The van der Waals surface area contributed by atoms with Crippen LogP contribution in [0.25, 0.3) is 0 Å². The number of carbonyl (C=O) groups is 2. The molecule has 2 rings (SSSR count). The first-order valence-corrected chi connectivity index (χ1v) is 5.12. The molecule has 0 radical (unpaired) electrons. The van der Waals surface area contributed by atoms with Crippen molar-refractivity contribution in [3.8, 4) is 0 Å². The fourth-order valence-electron chi connectivity index (χ4n) is 2.43. The normalized spacial score (nSPS) is 22.8. The minimum absolute atomic E-state index is 0.0916. The first-order valence-electron chi connectivity index (χ1n) is 5.12. The van der Waals surface area contributed by atoms with Crippen LogP contribution in [0, 0.1) is 5.92 Å². The summed E-state index contributed by atoms with van der Waals surface area (Å²) in [5, 5.41) is 17.9. The molecule has 1 aromatic rings. The van der Waals surface area contributed by atoms with E-state index < -0.39 is 17.9 Å². The lowest BCUT2D eigenvalue weighted by Crippen LogP contribution is -2.20. The van der Waals surface area contributed by atoms with E-state index in [-0.39, 0.29) is 12.3 Å². The van der Waals surface area contributed by atoms with Gasteiger partial charge in [0.1, 0.15) is 0 Å². The second-order valence-corrected chi connectivity index (χ2v) is 4.08. The number of benzene rings is 1. The summed E-state index contributed by atoms with van der Waals surface area (Å²) in [7, 11) is 0. The summed E-state index contributed by atoms with van der Waals surface area (Å²) in [5.74, 6) is -2.88. The Kier molecular flexibility index (Phi) is 2.64. The Morgan fingerprint density at radius 2 is 1.94 bits per heavy atom. The Balaban J connectivity index is 2.33. The highest BCUT2D eigenvalue weighted by Crippen LogP contribution is 2.39. The van der Waals surface area contributed by atoms with Gasteiger partial charge >= 0.3 is 11.9 Å². The molecule has 0 saturated carbocycles. The van der Waals surface area contributed by atoms with Crippen molar-refractivity contribution in [2.24, 2.45) is 5.92 Å². The van der Waals surface area contributed by atoms with Gasteiger partial charge in [-0.15, -0.1) is 0 Å². The molecule has 4 heteroatoms. The van der Waals surface area contributed by atoms with Crippen LogP contribution in [0.15, 0.2) is 24.3 Å². The molecule has 2 N–H and O–H groups in total. The minimum Gasteiger partial charge on any atom is -0.481 e. The van der Waals surface area contributed by atoms with Gasteiger partial charge in [0.25, 0.3) is 0 Å². The van der Waals surface area contributed by atoms with Gasteiger partial charge in [-0.25, -0.2) is 0 Å². The molecular formula is C12H12O4. The topological polar surface area (TPSA) is 74.6 Å². The summed E-state index contributed by atoms with van der Waals surface area (Å²) >= 11 is 0. The van der Waals surface area contributed by atoms with Gasteiger partial charge < -0.3 is 10.2 Å². The minimum atomic E-state index is -0.941. The van der Waals surface area contributed by atoms with Crippen LogP contribution < -0.4 is 0 Å². The van der Waals surface area contributed by atoms with Crippen LogP contribution in [-0.2, 0) is 16.0 Å². The summed E-state index contributed by atoms with van der Waals surface area (Å²) < 4.78 is 0. The largest absolute Gasteiger partial charge is 0.481 e. The van der Waals surface area contributed by atoms with Crippen molar-refractivity contribution in [1.82, 2.24) is 0 Å². The molecule has 16 heavy (non-hydrogen) atoms. The summed E-state index contributed by atoms with van der Waals surface area (Å²) in [6.45, 7) is 0. The Morgan fingerprint density at radius 3 is 2.56 bits per heavy atom. The predicted octanol–water partition coefficient (Wildman–Crippen LogP) is 1.50.